The van der Waals surface area contributed by atoms with Crippen molar-refractivity contribution in [2.45, 2.75) is 19.4 Å². The van der Waals surface area contributed by atoms with Gasteiger partial charge in [-0.05, 0) is 52.9 Å². The van der Waals surface area contributed by atoms with Gasteiger partial charge in [0.25, 0.3) is 0 Å². The standard InChI is InChI=1S/C13H14ClFN2S/c1-8-6-18-7-10(8)13(17-16)5-9-2-3-12(15)11(14)4-9/h2-4,6-7,13,17H,5,16H2,1H3. The summed E-state index contributed by atoms with van der Waals surface area (Å²) >= 11 is 7.42. The van der Waals surface area contributed by atoms with Crippen LogP contribution in [0.2, 0.25) is 5.02 Å². The van der Waals surface area contributed by atoms with Gasteiger partial charge in [-0.15, -0.1) is 0 Å². The van der Waals surface area contributed by atoms with Gasteiger partial charge in [0.2, 0.25) is 0 Å². The van der Waals surface area contributed by atoms with Gasteiger partial charge in [-0.3, -0.25) is 11.3 Å². The lowest BCUT2D eigenvalue weighted by Gasteiger charge is -2.16. The highest BCUT2D eigenvalue weighted by atomic mass is 35.5. The van der Waals surface area contributed by atoms with Crippen molar-refractivity contribution in [3.8, 4) is 0 Å². The first kappa shape index (κ1) is 13.5. The van der Waals surface area contributed by atoms with E-state index in [-0.39, 0.29) is 11.1 Å². The average molecular weight is 285 g/mol. The van der Waals surface area contributed by atoms with E-state index in [1.54, 1.807) is 23.5 Å². The maximum atomic E-state index is 13.1. The van der Waals surface area contributed by atoms with E-state index in [2.05, 4.69) is 16.2 Å². The number of hydrogen-bond acceptors (Lipinski definition) is 3. The highest BCUT2D eigenvalue weighted by Gasteiger charge is 2.14. The van der Waals surface area contributed by atoms with Crippen molar-refractivity contribution in [1.29, 1.82) is 0 Å². The van der Waals surface area contributed by atoms with Crippen molar-refractivity contribution in [3.05, 3.63) is 56.5 Å². The lowest BCUT2D eigenvalue weighted by atomic mass is 9.99. The van der Waals surface area contributed by atoms with Gasteiger partial charge in [0.15, 0.2) is 0 Å². The molecule has 1 unspecified atom stereocenters. The first-order valence-corrected chi connectivity index (χ1v) is 6.86. The zero-order valence-corrected chi connectivity index (χ0v) is 11.5. The minimum Gasteiger partial charge on any atom is -0.271 e. The second-order valence-electron chi connectivity index (χ2n) is 4.18. The molecular formula is C13H14ClFN2S. The number of halogens is 2. The van der Waals surface area contributed by atoms with E-state index in [0.717, 1.165) is 5.56 Å². The molecule has 1 aromatic carbocycles. The molecule has 1 heterocycles. The summed E-state index contributed by atoms with van der Waals surface area (Å²) < 4.78 is 13.1. The van der Waals surface area contributed by atoms with Gasteiger partial charge in [-0.25, -0.2) is 4.39 Å². The summed E-state index contributed by atoms with van der Waals surface area (Å²) in [4.78, 5) is 0. The van der Waals surface area contributed by atoms with Crippen molar-refractivity contribution in [3.63, 3.8) is 0 Å². The van der Waals surface area contributed by atoms with Crippen LogP contribution in [0, 0.1) is 12.7 Å². The molecule has 2 nitrogen and oxygen atoms in total. The van der Waals surface area contributed by atoms with Gasteiger partial charge in [0, 0.05) is 0 Å². The topological polar surface area (TPSA) is 38.0 Å². The van der Waals surface area contributed by atoms with Crippen LogP contribution in [0.25, 0.3) is 0 Å². The van der Waals surface area contributed by atoms with Crippen LogP contribution >= 0.6 is 22.9 Å². The maximum Gasteiger partial charge on any atom is 0.141 e. The number of nitrogens with two attached hydrogens (primary N) is 1. The number of aryl methyl sites for hydroxylation is 1. The molecule has 5 heteroatoms. The zero-order valence-electron chi connectivity index (χ0n) is 9.91. The van der Waals surface area contributed by atoms with E-state index in [9.17, 15) is 4.39 Å². The van der Waals surface area contributed by atoms with E-state index < -0.39 is 5.82 Å². The van der Waals surface area contributed by atoms with Crippen LogP contribution in [-0.4, -0.2) is 0 Å². The number of thiophene rings is 1. The summed E-state index contributed by atoms with van der Waals surface area (Å²) in [7, 11) is 0. The molecule has 0 amide bonds. The van der Waals surface area contributed by atoms with Crippen LogP contribution in [0.4, 0.5) is 4.39 Å². The Hall–Kier alpha value is -0.940. The fourth-order valence-corrected chi connectivity index (χ4v) is 3.00. The molecule has 3 N–H and O–H groups in total. The lowest BCUT2D eigenvalue weighted by Crippen LogP contribution is -2.29. The van der Waals surface area contributed by atoms with Crippen LogP contribution in [0.1, 0.15) is 22.7 Å². The zero-order chi connectivity index (χ0) is 13.1. The van der Waals surface area contributed by atoms with Gasteiger partial charge in [0.05, 0.1) is 11.1 Å². The minimum absolute atomic E-state index is 0.0118. The van der Waals surface area contributed by atoms with Crippen LogP contribution in [0.15, 0.2) is 29.0 Å². The molecule has 1 atom stereocenters. The molecule has 18 heavy (non-hydrogen) atoms. The normalized spacial score (nSPS) is 12.7. The monoisotopic (exact) mass is 284 g/mol. The molecule has 0 saturated carbocycles. The van der Waals surface area contributed by atoms with E-state index >= 15 is 0 Å². The summed E-state index contributed by atoms with van der Waals surface area (Å²) in [6.45, 7) is 2.05. The second kappa shape index (κ2) is 5.80. The Labute approximate surface area is 115 Å². The number of nitrogens with one attached hydrogen (secondary N) is 1. The van der Waals surface area contributed by atoms with Crippen molar-refractivity contribution < 1.29 is 4.39 Å². The molecule has 0 aliphatic heterocycles. The summed E-state index contributed by atoms with van der Waals surface area (Å²) in [5, 5.41) is 4.30. The number of rotatable bonds is 4. The third-order valence-corrected chi connectivity index (χ3v) is 4.06. The fourth-order valence-electron chi connectivity index (χ4n) is 1.89. The second-order valence-corrected chi connectivity index (χ2v) is 5.33. The van der Waals surface area contributed by atoms with Crippen LogP contribution < -0.4 is 11.3 Å². The molecule has 2 aromatic rings. The maximum absolute atomic E-state index is 13.1. The molecule has 1 aromatic heterocycles. The Morgan fingerprint density at radius 2 is 2.22 bits per heavy atom. The molecule has 96 valence electrons. The van der Waals surface area contributed by atoms with Crippen LogP contribution in [0.5, 0.6) is 0 Å². The van der Waals surface area contributed by atoms with Crippen molar-refractivity contribution in [2.24, 2.45) is 5.84 Å². The minimum atomic E-state index is -0.399. The first-order chi connectivity index (χ1) is 8.61. The molecule has 0 spiro atoms. The summed E-state index contributed by atoms with van der Waals surface area (Å²) in [5.41, 5.74) is 6.13. The van der Waals surface area contributed by atoms with Gasteiger partial charge in [-0.2, -0.15) is 11.3 Å². The van der Waals surface area contributed by atoms with E-state index in [0.29, 0.717) is 6.42 Å². The Balaban J connectivity index is 2.20. The quantitative estimate of drug-likeness (QED) is 0.665. The molecule has 0 aliphatic carbocycles. The molecular weight excluding hydrogens is 271 g/mol. The molecule has 2 rings (SSSR count). The largest absolute Gasteiger partial charge is 0.271 e. The van der Waals surface area contributed by atoms with Gasteiger partial charge in [-0.1, -0.05) is 17.7 Å². The third kappa shape index (κ3) is 2.90. The van der Waals surface area contributed by atoms with E-state index in [4.69, 9.17) is 17.4 Å². The van der Waals surface area contributed by atoms with Crippen LogP contribution in [0.3, 0.4) is 0 Å². The van der Waals surface area contributed by atoms with Crippen LogP contribution in [-0.2, 0) is 6.42 Å². The number of hydrazine groups is 1. The van der Waals surface area contributed by atoms with Crippen molar-refractivity contribution in [2.75, 3.05) is 0 Å². The fraction of sp³-hybridized carbons (Fsp3) is 0.231. The first-order valence-electron chi connectivity index (χ1n) is 5.54. The van der Waals surface area contributed by atoms with E-state index in [1.807, 2.05) is 6.92 Å². The Kier molecular flexibility index (Phi) is 4.35. The smallest absolute Gasteiger partial charge is 0.141 e. The molecule has 0 radical (unpaired) electrons. The lowest BCUT2D eigenvalue weighted by molar-refractivity contribution is 0.550. The predicted octanol–water partition coefficient (Wildman–Crippen LogP) is 3.60. The van der Waals surface area contributed by atoms with E-state index in [1.165, 1.54) is 17.2 Å². The Morgan fingerprint density at radius 3 is 2.78 bits per heavy atom. The molecule has 0 aliphatic rings. The highest BCUT2D eigenvalue weighted by Crippen LogP contribution is 2.25. The third-order valence-electron chi connectivity index (χ3n) is 2.90. The molecule has 0 saturated heterocycles. The van der Waals surface area contributed by atoms with Crippen molar-refractivity contribution >= 4 is 22.9 Å². The number of benzene rings is 1. The number of hydrogen-bond donors (Lipinski definition) is 2. The van der Waals surface area contributed by atoms with Gasteiger partial charge < -0.3 is 0 Å². The van der Waals surface area contributed by atoms with Gasteiger partial charge >= 0.3 is 0 Å². The molecule has 0 fully saturated rings. The van der Waals surface area contributed by atoms with Gasteiger partial charge in [0.1, 0.15) is 5.82 Å². The average Bonchev–Trinajstić information content (AvgIpc) is 2.77. The summed E-state index contributed by atoms with van der Waals surface area (Å²) in [6, 6.07) is 4.76. The Morgan fingerprint density at radius 1 is 1.44 bits per heavy atom. The molecule has 0 bridgehead atoms. The predicted molar refractivity (Wildman–Crippen MR) is 74.2 cm³/mol. The SMILES string of the molecule is Cc1cscc1C(Cc1ccc(F)c(Cl)c1)NN. The summed E-state index contributed by atoms with van der Waals surface area (Å²) in [6.07, 6.45) is 0.675. The van der Waals surface area contributed by atoms with Crippen molar-refractivity contribution in [1.82, 2.24) is 5.43 Å². The Bertz CT molecular complexity index is 542. The summed E-state index contributed by atoms with van der Waals surface area (Å²) in [5.74, 6) is 5.20. The highest BCUT2D eigenvalue weighted by molar-refractivity contribution is 7.08.